The minimum Gasteiger partial charge on any atom is -0.369 e. The molecule has 1 N–H and O–H groups in total. The van der Waals surface area contributed by atoms with Crippen LogP contribution in [0.3, 0.4) is 0 Å². The molecule has 1 aromatic heterocycles. The fourth-order valence-electron chi connectivity index (χ4n) is 1.86. The molecule has 0 unspecified atom stereocenters. The zero-order valence-electron chi connectivity index (χ0n) is 9.80. The SMILES string of the molecule is CC(C)(C)CNc1ncnc2c1CCC2. The quantitative estimate of drug-likeness (QED) is 0.805. The lowest BCUT2D eigenvalue weighted by atomic mass is 9.97. The summed E-state index contributed by atoms with van der Waals surface area (Å²) in [6.07, 6.45) is 5.14. The maximum Gasteiger partial charge on any atom is 0.132 e. The smallest absolute Gasteiger partial charge is 0.132 e. The molecule has 2 rings (SSSR count). The number of nitrogens with zero attached hydrogens (tertiary/aromatic N) is 2. The molecule has 1 aliphatic carbocycles. The van der Waals surface area contributed by atoms with Gasteiger partial charge in [0, 0.05) is 17.8 Å². The van der Waals surface area contributed by atoms with Crippen LogP contribution in [0.2, 0.25) is 0 Å². The second-order valence-corrected chi connectivity index (χ2v) is 5.42. The molecule has 0 saturated carbocycles. The summed E-state index contributed by atoms with van der Waals surface area (Å²) in [6.45, 7) is 7.63. The van der Waals surface area contributed by atoms with Crippen molar-refractivity contribution in [3.63, 3.8) is 0 Å². The van der Waals surface area contributed by atoms with Crippen molar-refractivity contribution in [2.45, 2.75) is 40.0 Å². The number of anilines is 1. The van der Waals surface area contributed by atoms with Gasteiger partial charge in [0.1, 0.15) is 12.1 Å². The molecule has 3 heteroatoms. The zero-order valence-corrected chi connectivity index (χ0v) is 9.80. The highest BCUT2D eigenvalue weighted by Crippen LogP contribution is 2.25. The molecule has 0 atom stereocenters. The monoisotopic (exact) mass is 205 g/mol. The molecule has 0 aliphatic heterocycles. The van der Waals surface area contributed by atoms with Gasteiger partial charge in [-0.3, -0.25) is 0 Å². The molecule has 1 aliphatic rings. The van der Waals surface area contributed by atoms with E-state index >= 15 is 0 Å². The maximum absolute atomic E-state index is 4.33. The van der Waals surface area contributed by atoms with Gasteiger partial charge in [-0.2, -0.15) is 0 Å². The molecule has 0 aromatic carbocycles. The van der Waals surface area contributed by atoms with E-state index in [2.05, 4.69) is 36.1 Å². The summed E-state index contributed by atoms with van der Waals surface area (Å²) in [5, 5.41) is 3.43. The number of rotatable bonds is 2. The van der Waals surface area contributed by atoms with Gasteiger partial charge in [0.25, 0.3) is 0 Å². The predicted octanol–water partition coefficient (Wildman–Crippen LogP) is 2.42. The molecule has 1 aromatic rings. The summed E-state index contributed by atoms with van der Waals surface area (Å²) >= 11 is 0. The highest BCUT2D eigenvalue weighted by Gasteiger charge is 2.18. The van der Waals surface area contributed by atoms with E-state index in [0.717, 1.165) is 25.2 Å². The largest absolute Gasteiger partial charge is 0.369 e. The topological polar surface area (TPSA) is 37.8 Å². The van der Waals surface area contributed by atoms with Crippen LogP contribution in [0.1, 0.15) is 38.4 Å². The van der Waals surface area contributed by atoms with Crippen LogP contribution in [0.25, 0.3) is 0 Å². The minimum atomic E-state index is 0.288. The Bertz CT molecular complexity index is 352. The number of fused-ring (bicyclic) bond motifs is 1. The van der Waals surface area contributed by atoms with E-state index in [-0.39, 0.29) is 5.41 Å². The Balaban J connectivity index is 2.12. The Morgan fingerprint density at radius 1 is 1.27 bits per heavy atom. The predicted molar refractivity (Wildman–Crippen MR) is 62.0 cm³/mol. The Morgan fingerprint density at radius 3 is 2.80 bits per heavy atom. The van der Waals surface area contributed by atoms with Gasteiger partial charge in [0.2, 0.25) is 0 Å². The molecule has 0 radical (unpaired) electrons. The molecular formula is C12H19N3. The summed E-state index contributed by atoms with van der Waals surface area (Å²) in [7, 11) is 0. The van der Waals surface area contributed by atoms with Gasteiger partial charge in [-0.15, -0.1) is 0 Å². The van der Waals surface area contributed by atoms with Gasteiger partial charge >= 0.3 is 0 Å². The molecular weight excluding hydrogens is 186 g/mol. The molecule has 0 bridgehead atoms. The Kier molecular flexibility index (Phi) is 2.63. The molecule has 0 saturated heterocycles. The van der Waals surface area contributed by atoms with Crippen LogP contribution in [0.15, 0.2) is 6.33 Å². The summed E-state index contributed by atoms with van der Waals surface area (Å²) in [6, 6.07) is 0. The van der Waals surface area contributed by atoms with Crippen molar-refractivity contribution in [2.24, 2.45) is 5.41 Å². The standard InChI is InChI=1S/C12H19N3/c1-12(2,3)7-13-11-9-5-4-6-10(9)14-8-15-11/h8H,4-7H2,1-3H3,(H,13,14,15). The number of aryl methyl sites for hydroxylation is 1. The number of aromatic nitrogens is 2. The van der Waals surface area contributed by atoms with Gasteiger partial charge in [-0.05, 0) is 24.7 Å². The summed E-state index contributed by atoms with van der Waals surface area (Å²) < 4.78 is 0. The Morgan fingerprint density at radius 2 is 2.07 bits per heavy atom. The number of hydrogen-bond donors (Lipinski definition) is 1. The van der Waals surface area contributed by atoms with Crippen molar-refractivity contribution in [1.29, 1.82) is 0 Å². The van der Waals surface area contributed by atoms with Crippen molar-refractivity contribution >= 4 is 5.82 Å². The average Bonchev–Trinajstić information content (AvgIpc) is 2.61. The third kappa shape index (κ3) is 2.46. The second kappa shape index (κ2) is 3.80. The lowest BCUT2D eigenvalue weighted by Gasteiger charge is -2.20. The molecule has 0 spiro atoms. The van der Waals surface area contributed by atoms with Crippen molar-refractivity contribution in [1.82, 2.24) is 9.97 Å². The van der Waals surface area contributed by atoms with Crippen LogP contribution in [0.4, 0.5) is 5.82 Å². The normalized spacial score (nSPS) is 15.1. The van der Waals surface area contributed by atoms with Crippen LogP contribution in [-0.4, -0.2) is 16.5 Å². The van der Waals surface area contributed by atoms with E-state index in [9.17, 15) is 0 Å². The van der Waals surface area contributed by atoms with Crippen LogP contribution in [0.5, 0.6) is 0 Å². The van der Waals surface area contributed by atoms with Crippen LogP contribution < -0.4 is 5.32 Å². The van der Waals surface area contributed by atoms with Gasteiger partial charge < -0.3 is 5.32 Å². The van der Waals surface area contributed by atoms with E-state index in [4.69, 9.17) is 0 Å². The Hall–Kier alpha value is -1.12. The first-order valence-corrected chi connectivity index (χ1v) is 5.63. The first-order chi connectivity index (χ1) is 7.06. The summed E-state index contributed by atoms with van der Waals surface area (Å²) in [5.41, 5.74) is 2.86. The third-order valence-corrected chi connectivity index (χ3v) is 2.66. The van der Waals surface area contributed by atoms with Crippen molar-refractivity contribution < 1.29 is 0 Å². The van der Waals surface area contributed by atoms with Gasteiger partial charge in [0.05, 0.1) is 0 Å². The van der Waals surface area contributed by atoms with E-state index in [1.807, 2.05) is 0 Å². The zero-order chi connectivity index (χ0) is 10.9. The van der Waals surface area contributed by atoms with Crippen molar-refractivity contribution in [3.05, 3.63) is 17.6 Å². The molecule has 0 amide bonds. The molecule has 15 heavy (non-hydrogen) atoms. The highest BCUT2D eigenvalue weighted by molar-refractivity contribution is 5.47. The molecule has 3 nitrogen and oxygen atoms in total. The number of nitrogens with one attached hydrogen (secondary N) is 1. The maximum atomic E-state index is 4.33. The van der Waals surface area contributed by atoms with Crippen molar-refractivity contribution in [2.75, 3.05) is 11.9 Å². The summed E-state index contributed by atoms with van der Waals surface area (Å²) in [5.74, 6) is 1.05. The lowest BCUT2D eigenvalue weighted by molar-refractivity contribution is 0.442. The minimum absolute atomic E-state index is 0.288. The molecule has 0 fully saturated rings. The second-order valence-electron chi connectivity index (χ2n) is 5.42. The third-order valence-electron chi connectivity index (χ3n) is 2.66. The lowest BCUT2D eigenvalue weighted by Crippen LogP contribution is -2.20. The molecule has 1 heterocycles. The average molecular weight is 205 g/mol. The first kappa shape index (κ1) is 10.4. The fourth-order valence-corrected chi connectivity index (χ4v) is 1.86. The fraction of sp³-hybridized carbons (Fsp3) is 0.667. The molecule has 82 valence electrons. The first-order valence-electron chi connectivity index (χ1n) is 5.63. The van der Waals surface area contributed by atoms with E-state index in [1.54, 1.807) is 6.33 Å². The summed E-state index contributed by atoms with van der Waals surface area (Å²) in [4.78, 5) is 8.64. The van der Waals surface area contributed by atoms with Crippen LogP contribution in [-0.2, 0) is 12.8 Å². The Labute approximate surface area is 91.3 Å². The highest BCUT2D eigenvalue weighted by atomic mass is 15.0. The van der Waals surface area contributed by atoms with E-state index in [0.29, 0.717) is 0 Å². The van der Waals surface area contributed by atoms with Gasteiger partial charge in [-0.25, -0.2) is 9.97 Å². The van der Waals surface area contributed by atoms with E-state index < -0.39 is 0 Å². The van der Waals surface area contributed by atoms with Crippen LogP contribution >= 0.6 is 0 Å². The van der Waals surface area contributed by atoms with Crippen LogP contribution in [0, 0.1) is 5.41 Å². The van der Waals surface area contributed by atoms with Gasteiger partial charge in [-0.1, -0.05) is 20.8 Å². The van der Waals surface area contributed by atoms with Gasteiger partial charge in [0.15, 0.2) is 0 Å². The number of hydrogen-bond acceptors (Lipinski definition) is 3. The van der Waals surface area contributed by atoms with Crippen molar-refractivity contribution in [3.8, 4) is 0 Å². The van der Waals surface area contributed by atoms with E-state index in [1.165, 1.54) is 17.7 Å².